The number of fused-ring (bicyclic) bond motifs is 1. The number of anilines is 1. The fourth-order valence-electron chi connectivity index (χ4n) is 3.74. The Labute approximate surface area is 179 Å². The van der Waals surface area contributed by atoms with Gasteiger partial charge in [-0.1, -0.05) is 17.7 Å². The highest BCUT2D eigenvalue weighted by molar-refractivity contribution is 6.29. The Hall–Kier alpha value is -2.77. The summed E-state index contributed by atoms with van der Waals surface area (Å²) in [5.74, 6) is -0.804. The van der Waals surface area contributed by atoms with Crippen molar-refractivity contribution < 1.29 is 13.9 Å². The molecule has 0 saturated carbocycles. The van der Waals surface area contributed by atoms with Crippen molar-refractivity contribution in [3.8, 4) is 0 Å². The zero-order valence-corrected chi connectivity index (χ0v) is 17.4. The predicted octanol–water partition coefficient (Wildman–Crippen LogP) is 3.92. The van der Waals surface area contributed by atoms with Gasteiger partial charge < -0.3 is 9.64 Å². The number of carbonyl (C=O) groups excluding carboxylic acids is 1. The maximum atomic E-state index is 14.0. The summed E-state index contributed by atoms with van der Waals surface area (Å²) in [5, 5.41) is 1.10. The maximum absolute atomic E-state index is 14.0. The third-order valence-electron chi connectivity index (χ3n) is 5.18. The van der Waals surface area contributed by atoms with Gasteiger partial charge in [-0.05, 0) is 36.8 Å². The zero-order chi connectivity index (χ0) is 21.1. The molecule has 2 aromatic heterocycles. The van der Waals surface area contributed by atoms with Gasteiger partial charge in [0, 0.05) is 50.5 Å². The van der Waals surface area contributed by atoms with E-state index in [1.54, 1.807) is 25.3 Å². The molecule has 1 aliphatic rings. The molecule has 0 amide bonds. The fourth-order valence-corrected chi connectivity index (χ4v) is 3.85. The number of carbonyl (C=O) groups is 1. The minimum atomic E-state index is -0.444. The Morgan fingerprint density at radius 2 is 1.93 bits per heavy atom. The molecule has 3 heterocycles. The summed E-state index contributed by atoms with van der Waals surface area (Å²) in [5.41, 5.74) is 2.79. The van der Waals surface area contributed by atoms with Crippen molar-refractivity contribution in [3.63, 3.8) is 0 Å². The average Bonchev–Trinajstić information content (AvgIpc) is 2.75. The number of ether oxygens (including phenoxy) is 1. The number of esters is 1. The van der Waals surface area contributed by atoms with Gasteiger partial charge in [0.1, 0.15) is 16.5 Å². The Morgan fingerprint density at radius 3 is 2.63 bits per heavy atom. The van der Waals surface area contributed by atoms with Gasteiger partial charge >= 0.3 is 5.97 Å². The second kappa shape index (κ2) is 8.93. The Balaban J connectivity index is 1.59. The Morgan fingerprint density at radius 1 is 1.13 bits per heavy atom. The van der Waals surface area contributed by atoms with Crippen LogP contribution in [-0.4, -0.2) is 53.6 Å². The van der Waals surface area contributed by atoms with Gasteiger partial charge in [-0.25, -0.2) is 14.2 Å². The number of rotatable bonds is 5. The van der Waals surface area contributed by atoms with Crippen molar-refractivity contribution in [3.05, 3.63) is 64.8 Å². The topological polar surface area (TPSA) is 58.6 Å². The van der Waals surface area contributed by atoms with E-state index in [4.69, 9.17) is 16.3 Å². The molecule has 3 aromatic rings. The molecule has 0 spiro atoms. The number of pyridine rings is 2. The smallest absolute Gasteiger partial charge is 0.341 e. The van der Waals surface area contributed by atoms with E-state index < -0.39 is 5.97 Å². The van der Waals surface area contributed by atoms with Gasteiger partial charge in [0.05, 0.1) is 17.8 Å². The van der Waals surface area contributed by atoms with Crippen molar-refractivity contribution in [2.75, 3.05) is 37.7 Å². The maximum Gasteiger partial charge on any atom is 0.341 e. The molecule has 1 aromatic carbocycles. The SMILES string of the molecule is CCOC(=O)c1cnc2ccc(F)cc2c1N1CCN(Cc2ccc(Cl)nc2)CC1. The first-order chi connectivity index (χ1) is 14.5. The Bertz CT molecular complexity index is 1050. The van der Waals surface area contributed by atoms with Gasteiger partial charge in [0.2, 0.25) is 0 Å². The molecule has 0 N–H and O–H groups in total. The molecule has 1 saturated heterocycles. The average molecular weight is 429 g/mol. The molecule has 156 valence electrons. The van der Waals surface area contributed by atoms with E-state index in [-0.39, 0.29) is 12.4 Å². The quantitative estimate of drug-likeness (QED) is 0.453. The van der Waals surface area contributed by atoms with Gasteiger partial charge in [-0.3, -0.25) is 9.88 Å². The van der Waals surface area contributed by atoms with Crippen LogP contribution in [0, 0.1) is 5.82 Å². The highest BCUT2D eigenvalue weighted by Gasteiger charge is 2.25. The molecule has 1 fully saturated rings. The van der Waals surface area contributed by atoms with E-state index in [9.17, 15) is 9.18 Å². The first-order valence-corrected chi connectivity index (χ1v) is 10.3. The molecule has 8 heteroatoms. The molecule has 0 aliphatic carbocycles. The van der Waals surface area contributed by atoms with Crippen LogP contribution < -0.4 is 4.90 Å². The standard InChI is InChI=1S/C22H22ClFN4O2/c1-2-30-22(29)18-13-25-19-5-4-16(24)11-17(19)21(18)28-9-7-27(8-10-28)14-15-3-6-20(23)26-12-15/h3-6,11-13H,2,7-10,14H2,1H3. The normalized spacial score (nSPS) is 14.8. The van der Waals surface area contributed by atoms with Crippen molar-refractivity contribution in [1.29, 1.82) is 0 Å². The molecule has 1 aliphatic heterocycles. The molecule has 0 radical (unpaired) electrons. The van der Waals surface area contributed by atoms with Crippen LogP contribution in [0.1, 0.15) is 22.8 Å². The zero-order valence-electron chi connectivity index (χ0n) is 16.6. The van der Waals surface area contributed by atoms with Gasteiger partial charge in [0.15, 0.2) is 0 Å². The minimum Gasteiger partial charge on any atom is -0.462 e. The monoisotopic (exact) mass is 428 g/mol. The number of aromatic nitrogens is 2. The van der Waals surface area contributed by atoms with Crippen LogP contribution in [-0.2, 0) is 11.3 Å². The molecular weight excluding hydrogens is 407 g/mol. The van der Waals surface area contributed by atoms with Crippen LogP contribution in [0.4, 0.5) is 10.1 Å². The lowest BCUT2D eigenvalue weighted by Crippen LogP contribution is -2.46. The molecule has 4 rings (SSSR count). The lowest BCUT2D eigenvalue weighted by molar-refractivity contribution is 0.0526. The third kappa shape index (κ3) is 4.37. The van der Waals surface area contributed by atoms with Gasteiger partial charge in [-0.2, -0.15) is 0 Å². The lowest BCUT2D eigenvalue weighted by atomic mass is 10.1. The van der Waals surface area contributed by atoms with Crippen molar-refractivity contribution in [1.82, 2.24) is 14.9 Å². The first kappa shape index (κ1) is 20.5. The van der Waals surface area contributed by atoms with Crippen LogP contribution in [0.5, 0.6) is 0 Å². The van der Waals surface area contributed by atoms with Crippen LogP contribution in [0.2, 0.25) is 5.15 Å². The summed E-state index contributed by atoms with van der Waals surface area (Å²) in [6.45, 7) is 5.78. The second-order valence-electron chi connectivity index (χ2n) is 7.15. The Kier molecular flexibility index (Phi) is 6.11. The number of halogens is 2. The number of piperazine rings is 1. The van der Waals surface area contributed by atoms with E-state index >= 15 is 0 Å². The largest absolute Gasteiger partial charge is 0.462 e. The number of hydrogen-bond donors (Lipinski definition) is 0. The molecule has 0 unspecified atom stereocenters. The molecular formula is C22H22ClFN4O2. The van der Waals surface area contributed by atoms with E-state index in [1.807, 2.05) is 6.07 Å². The number of benzene rings is 1. The molecule has 30 heavy (non-hydrogen) atoms. The summed E-state index contributed by atoms with van der Waals surface area (Å²) in [7, 11) is 0. The summed E-state index contributed by atoms with van der Waals surface area (Å²) in [6, 6.07) is 8.20. The predicted molar refractivity (Wildman–Crippen MR) is 114 cm³/mol. The van der Waals surface area contributed by atoms with E-state index in [2.05, 4.69) is 19.8 Å². The first-order valence-electron chi connectivity index (χ1n) is 9.88. The van der Waals surface area contributed by atoms with Crippen molar-refractivity contribution in [2.45, 2.75) is 13.5 Å². The summed E-state index contributed by atoms with van der Waals surface area (Å²) in [6.07, 6.45) is 3.31. The highest BCUT2D eigenvalue weighted by atomic mass is 35.5. The number of nitrogens with zero attached hydrogens (tertiary/aromatic N) is 4. The summed E-state index contributed by atoms with van der Waals surface area (Å²) < 4.78 is 19.2. The molecule has 6 nitrogen and oxygen atoms in total. The minimum absolute atomic E-state index is 0.266. The number of hydrogen-bond acceptors (Lipinski definition) is 6. The van der Waals surface area contributed by atoms with Crippen LogP contribution >= 0.6 is 11.6 Å². The summed E-state index contributed by atoms with van der Waals surface area (Å²) >= 11 is 5.86. The van der Waals surface area contributed by atoms with Gasteiger partial charge in [-0.15, -0.1) is 0 Å². The van der Waals surface area contributed by atoms with Crippen LogP contribution in [0.25, 0.3) is 10.9 Å². The van der Waals surface area contributed by atoms with E-state index in [1.165, 1.54) is 18.3 Å². The lowest BCUT2D eigenvalue weighted by Gasteiger charge is -2.37. The third-order valence-corrected chi connectivity index (χ3v) is 5.40. The fraction of sp³-hybridized carbons (Fsp3) is 0.318. The summed E-state index contributed by atoms with van der Waals surface area (Å²) in [4.78, 5) is 25.5. The van der Waals surface area contributed by atoms with E-state index in [0.717, 1.165) is 25.2 Å². The highest BCUT2D eigenvalue weighted by Crippen LogP contribution is 2.32. The van der Waals surface area contributed by atoms with Crippen LogP contribution in [0.3, 0.4) is 0 Å². The molecule has 0 bridgehead atoms. The molecule has 0 atom stereocenters. The van der Waals surface area contributed by atoms with Gasteiger partial charge in [0.25, 0.3) is 0 Å². The van der Waals surface area contributed by atoms with E-state index in [0.29, 0.717) is 40.4 Å². The van der Waals surface area contributed by atoms with Crippen LogP contribution in [0.15, 0.2) is 42.7 Å². The second-order valence-corrected chi connectivity index (χ2v) is 7.54. The van der Waals surface area contributed by atoms with Crippen molar-refractivity contribution >= 4 is 34.2 Å². The van der Waals surface area contributed by atoms with Crippen molar-refractivity contribution in [2.24, 2.45) is 0 Å².